The number of ether oxygens (including phenoxy) is 1. The lowest BCUT2D eigenvalue weighted by atomic mass is 9.93. The highest BCUT2D eigenvalue weighted by Gasteiger charge is 2.35. The normalized spacial score (nSPS) is 17.3. The number of urea groups is 1. The Kier molecular flexibility index (Phi) is 6.17. The van der Waals surface area contributed by atoms with Gasteiger partial charge in [-0.2, -0.15) is 0 Å². The van der Waals surface area contributed by atoms with Gasteiger partial charge in [0.15, 0.2) is 0 Å². The molecule has 2 aliphatic rings. The number of aliphatic hydroxyl groups is 1. The summed E-state index contributed by atoms with van der Waals surface area (Å²) in [5, 5.41) is 19.3. The van der Waals surface area contributed by atoms with E-state index in [4.69, 9.17) is 4.74 Å². The van der Waals surface area contributed by atoms with Gasteiger partial charge in [0.2, 0.25) is 5.95 Å². The predicted molar refractivity (Wildman–Crippen MR) is 131 cm³/mol. The fraction of sp³-hybridized carbons (Fsp3) is 0.400. The number of carbonyl (C=O) groups is 2. The Hall–Kier alpha value is -3.86. The van der Waals surface area contributed by atoms with Crippen LogP contribution in [0.2, 0.25) is 0 Å². The maximum absolute atomic E-state index is 13.2. The van der Waals surface area contributed by atoms with E-state index in [1.54, 1.807) is 9.80 Å². The average molecular weight is 498 g/mol. The molecule has 1 saturated heterocycles. The van der Waals surface area contributed by atoms with Gasteiger partial charge in [-0.1, -0.05) is 12.1 Å². The average Bonchev–Trinajstić information content (AvgIpc) is 3.19. The minimum atomic E-state index is -1.33. The van der Waals surface area contributed by atoms with E-state index >= 15 is 0 Å². The van der Waals surface area contributed by atoms with Crippen LogP contribution >= 0.6 is 0 Å². The zero-order valence-electron chi connectivity index (χ0n) is 19.9. The topological polar surface area (TPSA) is 122 Å². The fourth-order valence-corrected chi connectivity index (χ4v) is 4.61. The second-order valence-corrected chi connectivity index (χ2v) is 9.35. The van der Waals surface area contributed by atoms with E-state index < -0.39 is 18.4 Å². The SMILES string of the molecule is CN(C(=O)O)c1nc2ccc(-c3ccc4c(c3)CN(C(=O)N3CCC(O)(CF)CC3)CCO4)cc2[nH]1. The zero-order chi connectivity index (χ0) is 25.4. The van der Waals surface area contributed by atoms with Gasteiger partial charge in [-0.15, -0.1) is 0 Å². The summed E-state index contributed by atoms with van der Waals surface area (Å²) in [6.07, 6.45) is -0.664. The molecule has 1 fully saturated rings. The highest BCUT2D eigenvalue weighted by Crippen LogP contribution is 2.32. The lowest BCUT2D eigenvalue weighted by Gasteiger charge is -2.38. The summed E-state index contributed by atoms with van der Waals surface area (Å²) in [7, 11) is 1.42. The molecule has 11 heteroatoms. The van der Waals surface area contributed by atoms with Gasteiger partial charge in [-0.25, -0.2) is 19.0 Å². The smallest absolute Gasteiger partial charge is 0.413 e. The van der Waals surface area contributed by atoms with E-state index in [1.165, 1.54) is 7.05 Å². The van der Waals surface area contributed by atoms with Crippen LogP contribution in [-0.4, -0.2) is 87.7 Å². The van der Waals surface area contributed by atoms with Crippen LogP contribution in [0, 0.1) is 0 Å². The van der Waals surface area contributed by atoms with Gasteiger partial charge in [0.25, 0.3) is 0 Å². The maximum Gasteiger partial charge on any atom is 0.413 e. The Labute approximate surface area is 206 Å². The van der Waals surface area contributed by atoms with Crippen LogP contribution in [0.3, 0.4) is 0 Å². The summed E-state index contributed by atoms with van der Waals surface area (Å²) >= 11 is 0. The van der Waals surface area contributed by atoms with Crippen LogP contribution in [0.15, 0.2) is 36.4 Å². The van der Waals surface area contributed by atoms with Crippen LogP contribution in [0.1, 0.15) is 18.4 Å². The van der Waals surface area contributed by atoms with Crippen LogP contribution in [0.5, 0.6) is 5.75 Å². The minimum Gasteiger partial charge on any atom is -0.491 e. The molecule has 0 radical (unpaired) electrons. The number of H-pyrrole nitrogens is 1. The maximum atomic E-state index is 13.2. The molecule has 5 rings (SSSR count). The molecule has 36 heavy (non-hydrogen) atoms. The summed E-state index contributed by atoms with van der Waals surface area (Å²) in [6.45, 7) is 0.975. The molecule has 0 saturated carbocycles. The molecule has 0 spiro atoms. The second-order valence-electron chi connectivity index (χ2n) is 9.35. The highest BCUT2D eigenvalue weighted by molar-refractivity contribution is 5.88. The van der Waals surface area contributed by atoms with Gasteiger partial charge in [-0.05, 0) is 48.2 Å². The Morgan fingerprint density at radius 2 is 1.86 bits per heavy atom. The number of carboxylic acid groups (broad SMARTS) is 1. The molecule has 3 heterocycles. The van der Waals surface area contributed by atoms with Crippen molar-refractivity contribution < 1.29 is 28.9 Å². The van der Waals surface area contributed by atoms with Crippen LogP contribution in [0.25, 0.3) is 22.2 Å². The number of hydrogen-bond donors (Lipinski definition) is 3. The van der Waals surface area contributed by atoms with Gasteiger partial charge >= 0.3 is 12.1 Å². The summed E-state index contributed by atoms with van der Waals surface area (Å²) in [5.41, 5.74) is 2.71. The van der Waals surface area contributed by atoms with Gasteiger partial charge in [0.05, 0.1) is 29.7 Å². The molecular weight excluding hydrogens is 469 g/mol. The lowest BCUT2D eigenvalue weighted by Crippen LogP contribution is -2.52. The van der Waals surface area contributed by atoms with Crippen molar-refractivity contribution in [3.05, 3.63) is 42.0 Å². The quantitative estimate of drug-likeness (QED) is 0.510. The largest absolute Gasteiger partial charge is 0.491 e. The molecule has 0 atom stereocenters. The number of aromatic nitrogens is 2. The van der Waals surface area contributed by atoms with E-state index in [1.807, 2.05) is 36.4 Å². The first kappa shape index (κ1) is 23.9. The van der Waals surface area contributed by atoms with Crippen molar-refractivity contribution in [1.82, 2.24) is 19.8 Å². The van der Waals surface area contributed by atoms with E-state index in [0.29, 0.717) is 49.6 Å². The fourth-order valence-electron chi connectivity index (χ4n) is 4.61. The van der Waals surface area contributed by atoms with E-state index in [0.717, 1.165) is 21.6 Å². The number of likely N-dealkylation sites (tertiary alicyclic amines) is 1. The van der Waals surface area contributed by atoms with Crippen molar-refractivity contribution in [2.45, 2.75) is 25.0 Å². The van der Waals surface area contributed by atoms with Crippen LogP contribution in [-0.2, 0) is 6.54 Å². The molecule has 3 aromatic rings. The number of fused-ring (bicyclic) bond motifs is 2. The van der Waals surface area contributed by atoms with Gasteiger partial charge in [0.1, 0.15) is 19.0 Å². The van der Waals surface area contributed by atoms with Gasteiger partial charge in [0, 0.05) is 25.7 Å². The monoisotopic (exact) mass is 497 g/mol. The number of imidazole rings is 1. The zero-order valence-corrected chi connectivity index (χ0v) is 19.9. The molecule has 2 aromatic carbocycles. The summed E-state index contributed by atoms with van der Waals surface area (Å²) in [4.78, 5) is 36.2. The first-order chi connectivity index (χ1) is 17.3. The number of aromatic amines is 1. The standard InChI is InChI=1S/C25H28FN5O5/c1-29(24(33)34)22-27-19-4-2-17(13-20(19)28-22)16-3-5-21-18(12-16)14-31(10-11-36-21)23(32)30-8-6-25(35,15-26)7-9-30/h2-5,12-13,35H,6-11,14-15H2,1H3,(H,27,28)(H,33,34). The van der Waals surface area contributed by atoms with Crippen molar-refractivity contribution in [2.24, 2.45) is 0 Å². The van der Waals surface area contributed by atoms with E-state index in [-0.39, 0.29) is 24.8 Å². The summed E-state index contributed by atoms with van der Waals surface area (Å²) < 4.78 is 19.0. The van der Waals surface area contributed by atoms with E-state index in [2.05, 4.69) is 9.97 Å². The molecule has 3 N–H and O–H groups in total. The van der Waals surface area contributed by atoms with Crippen LogP contribution < -0.4 is 9.64 Å². The third-order valence-corrected chi connectivity index (χ3v) is 6.93. The van der Waals surface area contributed by atoms with Crippen molar-refractivity contribution in [2.75, 3.05) is 44.9 Å². The lowest BCUT2D eigenvalue weighted by molar-refractivity contribution is -0.0329. The number of amides is 3. The number of alkyl halides is 1. The van der Waals surface area contributed by atoms with Crippen molar-refractivity contribution in [1.29, 1.82) is 0 Å². The van der Waals surface area contributed by atoms with Gasteiger partial charge < -0.3 is 29.7 Å². The number of anilines is 1. The first-order valence-electron chi connectivity index (χ1n) is 11.8. The summed E-state index contributed by atoms with van der Waals surface area (Å²) in [6, 6.07) is 11.3. The van der Waals surface area contributed by atoms with Crippen molar-refractivity contribution >= 4 is 29.1 Å². The molecular formula is C25H28FN5O5. The highest BCUT2D eigenvalue weighted by atomic mass is 19.1. The molecule has 0 aliphatic carbocycles. The number of carbonyl (C=O) groups excluding carboxylic acids is 1. The number of hydrogen-bond acceptors (Lipinski definition) is 5. The molecule has 3 amide bonds. The number of piperidine rings is 1. The number of benzene rings is 2. The van der Waals surface area contributed by atoms with Gasteiger partial charge in [-0.3, -0.25) is 4.90 Å². The Bertz CT molecular complexity index is 1300. The van der Waals surface area contributed by atoms with E-state index in [9.17, 15) is 24.2 Å². The molecule has 10 nitrogen and oxygen atoms in total. The third-order valence-electron chi connectivity index (χ3n) is 6.93. The number of nitrogens with zero attached hydrogens (tertiary/aromatic N) is 4. The van der Waals surface area contributed by atoms with Crippen molar-refractivity contribution in [3.8, 4) is 16.9 Å². The molecule has 190 valence electrons. The minimum absolute atomic E-state index is 0.147. The third kappa shape index (κ3) is 4.53. The number of halogens is 1. The molecule has 2 aliphatic heterocycles. The Balaban J connectivity index is 1.36. The summed E-state index contributed by atoms with van der Waals surface area (Å²) in [5.74, 6) is 0.953. The molecule has 0 unspecified atom stereocenters. The number of rotatable bonds is 3. The predicted octanol–water partition coefficient (Wildman–Crippen LogP) is 3.45. The van der Waals surface area contributed by atoms with Crippen LogP contribution in [0.4, 0.5) is 19.9 Å². The Morgan fingerprint density at radius 3 is 2.58 bits per heavy atom. The second kappa shape index (κ2) is 9.30. The molecule has 0 bridgehead atoms. The van der Waals surface area contributed by atoms with Crippen molar-refractivity contribution in [3.63, 3.8) is 0 Å². The molecule has 1 aromatic heterocycles. The Morgan fingerprint density at radius 1 is 1.14 bits per heavy atom. The number of nitrogens with one attached hydrogen (secondary N) is 1. The first-order valence-corrected chi connectivity index (χ1v) is 11.8.